The summed E-state index contributed by atoms with van der Waals surface area (Å²) in [5, 5.41) is 6.26. The van der Waals surface area contributed by atoms with Crippen LogP contribution in [0.2, 0.25) is 0 Å². The van der Waals surface area contributed by atoms with Crippen molar-refractivity contribution in [2.45, 2.75) is 59.7 Å². The van der Waals surface area contributed by atoms with Crippen molar-refractivity contribution >= 4 is 5.91 Å². The molecule has 19 heavy (non-hydrogen) atoms. The van der Waals surface area contributed by atoms with Gasteiger partial charge in [0.2, 0.25) is 5.91 Å². The summed E-state index contributed by atoms with van der Waals surface area (Å²) in [5.74, 6) is 0.0396. The first-order valence-electron chi connectivity index (χ1n) is 6.81. The first-order valence-corrected chi connectivity index (χ1v) is 6.81. The Kier molecular flexibility index (Phi) is 5.12. The fourth-order valence-corrected chi connectivity index (χ4v) is 1.84. The molecule has 0 fully saturated rings. The molecule has 1 aromatic carbocycles. The average molecular weight is 262 g/mol. The van der Waals surface area contributed by atoms with Gasteiger partial charge in [0.25, 0.3) is 0 Å². The maximum absolute atomic E-state index is 12.0. The largest absolute Gasteiger partial charge is 0.350 e. The zero-order chi connectivity index (χ0) is 14.6. The highest BCUT2D eigenvalue weighted by Crippen LogP contribution is 2.12. The molecule has 0 aliphatic heterocycles. The molecule has 0 saturated heterocycles. The summed E-state index contributed by atoms with van der Waals surface area (Å²) in [4.78, 5) is 12.0. The monoisotopic (exact) mass is 262 g/mol. The number of hydrogen-bond acceptors (Lipinski definition) is 2. The van der Waals surface area contributed by atoms with Crippen LogP contribution in [0.5, 0.6) is 0 Å². The molecule has 1 aromatic rings. The summed E-state index contributed by atoms with van der Waals surface area (Å²) in [6, 6.07) is 6.07. The van der Waals surface area contributed by atoms with Crippen LogP contribution in [0.3, 0.4) is 0 Å². The van der Waals surface area contributed by atoms with E-state index in [1.807, 2.05) is 27.7 Å². The van der Waals surface area contributed by atoms with E-state index in [9.17, 15) is 4.79 Å². The van der Waals surface area contributed by atoms with Gasteiger partial charge >= 0.3 is 0 Å². The van der Waals surface area contributed by atoms with E-state index in [1.165, 1.54) is 16.7 Å². The van der Waals surface area contributed by atoms with Crippen LogP contribution in [-0.2, 0) is 11.3 Å². The van der Waals surface area contributed by atoms with Gasteiger partial charge in [0, 0.05) is 12.1 Å². The predicted molar refractivity (Wildman–Crippen MR) is 80.1 cm³/mol. The van der Waals surface area contributed by atoms with E-state index in [-0.39, 0.29) is 17.5 Å². The fraction of sp³-hybridized carbons (Fsp3) is 0.562. The van der Waals surface area contributed by atoms with Crippen molar-refractivity contribution < 1.29 is 4.79 Å². The molecule has 0 aliphatic rings. The first kappa shape index (κ1) is 15.7. The highest BCUT2D eigenvalue weighted by atomic mass is 16.2. The van der Waals surface area contributed by atoms with Crippen LogP contribution in [0, 0.1) is 13.8 Å². The Balaban J connectivity index is 2.57. The molecule has 2 N–H and O–H groups in total. The third-order valence-electron chi connectivity index (χ3n) is 3.21. The van der Waals surface area contributed by atoms with E-state index in [0.717, 1.165) is 0 Å². The highest BCUT2D eigenvalue weighted by Gasteiger charge is 2.18. The SMILES string of the molecule is Cc1cccc(CNC(C)C(=O)NC(C)(C)C)c1C. The van der Waals surface area contributed by atoms with Crippen LogP contribution in [0.4, 0.5) is 0 Å². The van der Waals surface area contributed by atoms with E-state index in [4.69, 9.17) is 0 Å². The van der Waals surface area contributed by atoms with Crippen molar-refractivity contribution in [3.05, 3.63) is 34.9 Å². The normalized spacial score (nSPS) is 13.2. The fourth-order valence-electron chi connectivity index (χ4n) is 1.84. The molecule has 0 radical (unpaired) electrons. The number of rotatable bonds is 4. The van der Waals surface area contributed by atoms with Crippen molar-refractivity contribution in [2.75, 3.05) is 0 Å². The number of carbonyl (C=O) groups excluding carboxylic acids is 1. The van der Waals surface area contributed by atoms with Crippen molar-refractivity contribution in [3.8, 4) is 0 Å². The summed E-state index contributed by atoms with van der Waals surface area (Å²) >= 11 is 0. The summed E-state index contributed by atoms with van der Waals surface area (Å²) in [7, 11) is 0. The Morgan fingerprint density at radius 3 is 2.47 bits per heavy atom. The number of nitrogens with one attached hydrogen (secondary N) is 2. The Hall–Kier alpha value is -1.35. The lowest BCUT2D eigenvalue weighted by atomic mass is 10.0. The molecule has 1 unspecified atom stereocenters. The molecule has 1 amide bonds. The van der Waals surface area contributed by atoms with E-state index in [0.29, 0.717) is 6.54 Å². The lowest BCUT2D eigenvalue weighted by Gasteiger charge is -2.24. The second-order valence-corrected chi connectivity index (χ2v) is 6.20. The van der Waals surface area contributed by atoms with Crippen molar-refractivity contribution in [2.24, 2.45) is 0 Å². The van der Waals surface area contributed by atoms with Crippen molar-refractivity contribution in [3.63, 3.8) is 0 Å². The summed E-state index contributed by atoms with van der Waals surface area (Å²) in [6.45, 7) is 12.8. The molecule has 0 spiro atoms. The molecule has 0 bridgehead atoms. The molecular formula is C16H26N2O. The first-order chi connectivity index (χ1) is 8.70. The third-order valence-corrected chi connectivity index (χ3v) is 3.21. The second kappa shape index (κ2) is 6.20. The summed E-state index contributed by atoms with van der Waals surface area (Å²) < 4.78 is 0. The molecule has 0 heterocycles. The van der Waals surface area contributed by atoms with E-state index < -0.39 is 0 Å². The smallest absolute Gasteiger partial charge is 0.237 e. The van der Waals surface area contributed by atoms with Gasteiger partial charge in [0.15, 0.2) is 0 Å². The van der Waals surface area contributed by atoms with Gasteiger partial charge in [-0.1, -0.05) is 18.2 Å². The number of carbonyl (C=O) groups is 1. The summed E-state index contributed by atoms with van der Waals surface area (Å²) in [6.07, 6.45) is 0. The minimum atomic E-state index is -0.195. The number of aryl methyl sites for hydroxylation is 1. The molecular weight excluding hydrogens is 236 g/mol. The molecule has 3 heteroatoms. The number of amides is 1. The zero-order valence-electron chi connectivity index (χ0n) is 12.9. The standard InChI is InChI=1S/C16H26N2O/c1-11-8-7-9-14(12(11)2)10-17-13(3)15(19)18-16(4,5)6/h7-9,13,17H,10H2,1-6H3,(H,18,19). The van der Waals surface area contributed by atoms with Crippen LogP contribution < -0.4 is 10.6 Å². The summed E-state index contributed by atoms with van der Waals surface area (Å²) in [5.41, 5.74) is 3.63. The highest BCUT2D eigenvalue weighted by molar-refractivity contribution is 5.81. The van der Waals surface area contributed by atoms with Gasteiger partial charge in [0.05, 0.1) is 6.04 Å². The topological polar surface area (TPSA) is 41.1 Å². The molecule has 0 aromatic heterocycles. The lowest BCUT2D eigenvalue weighted by molar-refractivity contribution is -0.124. The average Bonchev–Trinajstić information content (AvgIpc) is 2.28. The predicted octanol–water partition coefficient (Wildman–Crippen LogP) is 2.70. The van der Waals surface area contributed by atoms with Crippen molar-refractivity contribution in [1.29, 1.82) is 0 Å². The minimum Gasteiger partial charge on any atom is -0.350 e. The van der Waals surface area contributed by atoms with Crippen LogP contribution in [0.15, 0.2) is 18.2 Å². The molecule has 0 saturated carbocycles. The van der Waals surface area contributed by atoms with Crippen LogP contribution >= 0.6 is 0 Å². The molecule has 1 rings (SSSR count). The third kappa shape index (κ3) is 5.03. The van der Waals surface area contributed by atoms with Gasteiger partial charge in [0.1, 0.15) is 0 Å². The number of benzene rings is 1. The van der Waals surface area contributed by atoms with Gasteiger partial charge in [-0.25, -0.2) is 0 Å². The van der Waals surface area contributed by atoms with Gasteiger partial charge in [-0.05, 0) is 58.2 Å². The molecule has 106 valence electrons. The Morgan fingerprint density at radius 2 is 1.89 bits per heavy atom. The van der Waals surface area contributed by atoms with Crippen LogP contribution in [-0.4, -0.2) is 17.5 Å². The van der Waals surface area contributed by atoms with Gasteiger partial charge < -0.3 is 10.6 Å². The van der Waals surface area contributed by atoms with Gasteiger partial charge in [-0.15, -0.1) is 0 Å². The maximum atomic E-state index is 12.0. The number of hydrogen-bond donors (Lipinski definition) is 2. The lowest BCUT2D eigenvalue weighted by Crippen LogP contribution is -2.49. The van der Waals surface area contributed by atoms with E-state index in [2.05, 4.69) is 42.7 Å². The van der Waals surface area contributed by atoms with Gasteiger partial charge in [-0.3, -0.25) is 4.79 Å². The molecule has 1 atom stereocenters. The maximum Gasteiger partial charge on any atom is 0.237 e. The second-order valence-electron chi connectivity index (χ2n) is 6.20. The minimum absolute atomic E-state index is 0.0396. The van der Waals surface area contributed by atoms with Crippen LogP contribution in [0.1, 0.15) is 44.4 Å². The molecule has 0 aliphatic carbocycles. The van der Waals surface area contributed by atoms with Crippen LogP contribution in [0.25, 0.3) is 0 Å². The Bertz CT molecular complexity index is 447. The van der Waals surface area contributed by atoms with Gasteiger partial charge in [-0.2, -0.15) is 0 Å². The quantitative estimate of drug-likeness (QED) is 0.876. The zero-order valence-corrected chi connectivity index (χ0v) is 12.9. The Labute approximate surface area is 116 Å². The van der Waals surface area contributed by atoms with Crippen molar-refractivity contribution in [1.82, 2.24) is 10.6 Å². The van der Waals surface area contributed by atoms with E-state index >= 15 is 0 Å². The Morgan fingerprint density at radius 1 is 1.26 bits per heavy atom. The molecule has 3 nitrogen and oxygen atoms in total. The van der Waals surface area contributed by atoms with E-state index in [1.54, 1.807) is 0 Å².